The molecule has 2 aromatic rings. The van der Waals surface area contributed by atoms with Crippen molar-refractivity contribution in [2.75, 3.05) is 13.2 Å². The summed E-state index contributed by atoms with van der Waals surface area (Å²) in [4.78, 5) is 16.8. The predicted octanol–water partition coefficient (Wildman–Crippen LogP) is 3.38. The maximum absolute atomic E-state index is 12.3. The number of fused-ring (bicyclic) bond motifs is 1. The fraction of sp³-hybridized carbons (Fsp3) is 0.238. The minimum Gasteiger partial charge on any atom is -0.490 e. The summed E-state index contributed by atoms with van der Waals surface area (Å²) in [6, 6.07) is 11.7. The molecule has 4 rings (SSSR count). The van der Waals surface area contributed by atoms with Gasteiger partial charge >= 0.3 is 0 Å². The van der Waals surface area contributed by atoms with Crippen molar-refractivity contribution in [1.82, 2.24) is 5.32 Å². The summed E-state index contributed by atoms with van der Waals surface area (Å²) >= 11 is 0. The van der Waals surface area contributed by atoms with Crippen LogP contribution in [0, 0.1) is 13.8 Å². The molecule has 0 saturated heterocycles. The van der Waals surface area contributed by atoms with Crippen LogP contribution in [-0.4, -0.2) is 25.0 Å². The number of rotatable bonds is 2. The van der Waals surface area contributed by atoms with Crippen molar-refractivity contribution in [3.05, 3.63) is 64.3 Å². The highest BCUT2D eigenvalue weighted by molar-refractivity contribution is 6.19. The van der Waals surface area contributed by atoms with Gasteiger partial charge in [0.2, 0.25) is 0 Å². The second kappa shape index (κ2) is 6.67. The molecule has 0 radical (unpaired) electrons. The minimum atomic E-state index is -0.203. The molecule has 132 valence electrons. The molecule has 0 atom stereocenters. The Morgan fingerprint density at radius 2 is 1.81 bits per heavy atom. The van der Waals surface area contributed by atoms with E-state index in [1.807, 2.05) is 43.3 Å². The highest BCUT2D eigenvalue weighted by atomic mass is 16.5. The summed E-state index contributed by atoms with van der Waals surface area (Å²) in [5.74, 6) is 1.82. The Kier molecular flexibility index (Phi) is 4.21. The van der Waals surface area contributed by atoms with E-state index in [2.05, 4.69) is 17.2 Å². The zero-order valence-electron chi connectivity index (χ0n) is 14.8. The van der Waals surface area contributed by atoms with Crippen LogP contribution in [0.3, 0.4) is 0 Å². The number of nitrogens with one attached hydrogen (secondary N) is 1. The van der Waals surface area contributed by atoms with Gasteiger partial charge in [-0.15, -0.1) is 0 Å². The molecule has 0 unspecified atom stereocenters. The van der Waals surface area contributed by atoms with E-state index in [4.69, 9.17) is 9.47 Å². The number of aryl methyl sites for hydroxylation is 2. The molecule has 0 saturated carbocycles. The van der Waals surface area contributed by atoms with Crippen LogP contribution in [0.5, 0.6) is 11.5 Å². The van der Waals surface area contributed by atoms with Gasteiger partial charge in [-0.1, -0.05) is 18.2 Å². The molecule has 0 aliphatic carbocycles. The van der Waals surface area contributed by atoms with Gasteiger partial charge < -0.3 is 14.8 Å². The molecule has 0 bridgehead atoms. The van der Waals surface area contributed by atoms with Crippen LogP contribution in [0.15, 0.2) is 47.1 Å². The molecule has 1 amide bonds. The summed E-state index contributed by atoms with van der Waals surface area (Å²) < 4.78 is 11.3. The van der Waals surface area contributed by atoms with Crippen LogP contribution in [0.25, 0.3) is 6.08 Å². The van der Waals surface area contributed by atoms with E-state index in [9.17, 15) is 4.79 Å². The van der Waals surface area contributed by atoms with Crippen molar-refractivity contribution >= 4 is 17.8 Å². The highest BCUT2D eigenvalue weighted by Gasteiger charge is 2.21. The number of benzene rings is 2. The van der Waals surface area contributed by atoms with E-state index in [0.29, 0.717) is 30.5 Å². The number of hydrogen-bond donors (Lipinski definition) is 1. The summed E-state index contributed by atoms with van der Waals surface area (Å²) in [6.45, 7) is 5.39. The number of carbonyl (C=O) groups excluding carboxylic acids is 1. The molecule has 5 nitrogen and oxygen atoms in total. The quantitative estimate of drug-likeness (QED) is 0.847. The summed E-state index contributed by atoms with van der Waals surface area (Å²) in [7, 11) is 0. The third-order valence-electron chi connectivity index (χ3n) is 4.55. The Labute approximate surface area is 152 Å². The van der Waals surface area contributed by atoms with Crippen molar-refractivity contribution < 1.29 is 14.3 Å². The first kappa shape index (κ1) is 16.4. The third kappa shape index (κ3) is 3.20. The van der Waals surface area contributed by atoms with Crippen molar-refractivity contribution in [2.24, 2.45) is 4.99 Å². The molecule has 0 aromatic heterocycles. The monoisotopic (exact) mass is 348 g/mol. The van der Waals surface area contributed by atoms with Crippen LogP contribution < -0.4 is 14.8 Å². The average Bonchev–Trinajstić information content (AvgIpc) is 2.84. The second-order valence-electron chi connectivity index (χ2n) is 6.50. The maximum Gasteiger partial charge on any atom is 0.275 e. The van der Waals surface area contributed by atoms with E-state index in [1.165, 1.54) is 11.1 Å². The van der Waals surface area contributed by atoms with E-state index in [-0.39, 0.29) is 5.91 Å². The van der Waals surface area contributed by atoms with Gasteiger partial charge in [0.25, 0.3) is 5.91 Å². The smallest absolute Gasteiger partial charge is 0.275 e. The number of amides is 1. The SMILES string of the molecule is Cc1ccc(C2=N/C(=C/c3ccc4c(c3)OCCCO4)C(=O)N2)cc1C. The molecule has 2 heterocycles. The molecule has 0 spiro atoms. The summed E-state index contributed by atoms with van der Waals surface area (Å²) in [5.41, 5.74) is 4.52. The first-order chi connectivity index (χ1) is 12.6. The number of hydrogen-bond acceptors (Lipinski definition) is 4. The Bertz CT molecular complexity index is 944. The molecule has 1 N–H and O–H groups in total. The third-order valence-corrected chi connectivity index (χ3v) is 4.55. The normalized spacial score (nSPS) is 17.7. The van der Waals surface area contributed by atoms with Gasteiger partial charge in [0.05, 0.1) is 13.2 Å². The number of ether oxygens (including phenoxy) is 2. The fourth-order valence-electron chi connectivity index (χ4n) is 2.92. The molecular formula is C21H20N2O3. The number of nitrogens with zero attached hydrogens (tertiary/aromatic N) is 1. The Morgan fingerprint density at radius 3 is 2.62 bits per heavy atom. The number of aliphatic imine (C=N–C) groups is 1. The predicted molar refractivity (Wildman–Crippen MR) is 101 cm³/mol. The Morgan fingerprint density at radius 1 is 1.00 bits per heavy atom. The number of amidine groups is 1. The molecule has 2 aliphatic heterocycles. The highest BCUT2D eigenvalue weighted by Crippen LogP contribution is 2.31. The van der Waals surface area contributed by atoms with Gasteiger partial charge in [-0.2, -0.15) is 0 Å². The van der Waals surface area contributed by atoms with Crippen LogP contribution >= 0.6 is 0 Å². The van der Waals surface area contributed by atoms with Crippen molar-refractivity contribution in [3.8, 4) is 11.5 Å². The van der Waals surface area contributed by atoms with Crippen molar-refractivity contribution in [3.63, 3.8) is 0 Å². The van der Waals surface area contributed by atoms with Gasteiger partial charge in [0.1, 0.15) is 11.5 Å². The van der Waals surface area contributed by atoms with Gasteiger partial charge in [-0.3, -0.25) is 4.79 Å². The second-order valence-corrected chi connectivity index (χ2v) is 6.50. The minimum absolute atomic E-state index is 0.203. The van der Waals surface area contributed by atoms with Crippen LogP contribution in [-0.2, 0) is 4.79 Å². The lowest BCUT2D eigenvalue weighted by Gasteiger charge is -2.07. The van der Waals surface area contributed by atoms with Crippen LogP contribution in [0.1, 0.15) is 28.7 Å². The van der Waals surface area contributed by atoms with Gasteiger partial charge in [0.15, 0.2) is 11.5 Å². The standard InChI is InChI=1S/C21H20N2O3/c1-13-4-6-16(10-14(13)2)20-22-17(21(24)23-20)11-15-5-7-18-19(12-15)26-9-3-8-25-18/h4-7,10-12H,3,8-9H2,1-2H3,(H,22,23,24)/b17-11+. The lowest BCUT2D eigenvalue weighted by molar-refractivity contribution is -0.115. The molecule has 2 aliphatic rings. The van der Waals surface area contributed by atoms with Crippen LogP contribution in [0.2, 0.25) is 0 Å². The lowest BCUT2D eigenvalue weighted by atomic mass is 10.1. The lowest BCUT2D eigenvalue weighted by Crippen LogP contribution is -2.24. The van der Waals surface area contributed by atoms with E-state index in [0.717, 1.165) is 23.3 Å². The van der Waals surface area contributed by atoms with Crippen LogP contribution in [0.4, 0.5) is 0 Å². The average molecular weight is 348 g/mol. The number of carbonyl (C=O) groups is 1. The molecule has 5 heteroatoms. The maximum atomic E-state index is 12.3. The molecule has 2 aromatic carbocycles. The summed E-state index contributed by atoms with van der Waals surface area (Å²) in [5, 5.41) is 2.85. The Balaban J connectivity index is 1.64. The van der Waals surface area contributed by atoms with Gasteiger partial charge in [0, 0.05) is 12.0 Å². The van der Waals surface area contributed by atoms with E-state index in [1.54, 1.807) is 6.08 Å². The molecular weight excluding hydrogens is 328 g/mol. The fourth-order valence-corrected chi connectivity index (χ4v) is 2.92. The van der Waals surface area contributed by atoms with Crippen molar-refractivity contribution in [2.45, 2.75) is 20.3 Å². The molecule has 26 heavy (non-hydrogen) atoms. The largest absolute Gasteiger partial charge is 0.490 e. The molecule has 0 fully saturated rings. The van der Waals surface area contributed by atoms with Crippen molar-refractivity contribution in [1.29, 1.82) is 0 Å². The van der Waals surface area contributed by atoms with E-state index >= 15 is 0 Å². The first-order valence-electron chi connectivity index (χ1n) is 8.69. The zero-order chi connectivity index (χ0) is 18.1. The topological polar surface area (TPSA) is 59.9 Å². The zero-order valence-corrected chi connectivity index (χ0v) is 14.8. The Hall–Kier alpha value is -3.08. The van der Waals surface area contributed by atoms with Gasteiger partial charge in [-0.05, 0) is 54.8 Å². The first-order valence-corrected chi connectivity index (χ1v) is 8.69. The van der Waals surface area contributed by atoms with E-state index < -0.39 is 0 Å². The summed E-state index contributed by atoms with van der Waals surface area (Å²) in [6.07, 6.45) is 2.62. The van der Waals surface area contributed by atoms with Gasteiger partial charge in [-0.25, -0.2) is 4.99 Å².